The number of nitrogens with zero attached hydrogens (tertiary/aromatic N) is 2. The highest BCUT2D eigenvalue weighted by atomic mass is 19.1. The molecule has 2 heterocycles. The third-order valence-electron chi connectivity index (χ3n) is 5.45. The van der Waals surface area contributed by atoms with Gasteiger partial charge >= 0.3 is 5.97 Å². The van der Waals surface area contributed by atoms with Gasteiger partial charge in [0.1, 0.15) is 17.7 Å². The smallest absolute Gasteiger partial charge is 0.325 e. The fourth-order valence-corrected chi connectivity index (χ4v) is 3.98. The van der Waals surface area contributed by atoms with Crippen molar-refractivity contribution in [2.45, 2.75) is 6.04 Å². The summed E-state index contributed by atoms with van der Waals surface area (Å²) < 4.78 is 26.7. The van der Waals surface area contributed by atoms with Crippen LogP contribution in [0.15, 0.2) is 48.7 Å². The molecule has 0 radical (unpaired) electrons. The molecule has 3 aromatic rings. The Labute approximate surface area is 177 Å². The monoisotopic (exact) mass is 428 g/mol. The van der Waals surface area contributed by atoms with E-state index in [0.717, 1.165) is 0 Å². The zero-order chi connectivity index (χ0) is 22.0. The number of fused-ring (bicyclic) bond motifs is 1. The summed E-state index contributed by atoms with van der Waals surface area (Å²) in [6.07, 6.45) is 1.61. The summed E-state index contributed by atoms with van der Waals surface area (Å²) in [5.41, 5.74) is 1.53. The molecule has 4 rings (SSSR count). The quantitative estimate of drug-likeness (QED) is 0.562. The van der Waals surface area contributed by atoms with Crippen LogP contribution in [0.3, 0.4) is 0 Å². The zero-order valence-electron chi connectivity index (χ0n) is 16.6. The number of hydrogen-bond acceptors (Lipinski definition) is 4. The summed E-state index contributed by atoms with van der Waals surface area (Å²) >= 11 is 0. The molecule has 1 atom stereocenters. The van der Waals surface area contributed by atoms with E-state index in [-0.39, 0.29) is 12.5 Å². The largest absolute Gasteiger partial charge is 0.480 e. The molecule has 0 spiro atoms. The number of anilines is 1. The number of aromatic nitrogens is 1. The molecule has 1 saturated heterocycles. The predicted octanol–water partition coefficient (Wildman–Crippen LogP) is 2.83. The lowest BCUT2D eigenvalue weighted by Gasteiger charge is -2.37. The molecular formula is C22H22F2N4O3. The molecule has 1 amide bonds. The maximum absolute atomic E-state index is 13.5. The van der Waals surface area contributed by atoms with Gasteiger partial charge in [0.2, 0.25) is 5.91 Å². The molecule has 0 saturated carbocycles. The number of H-pyrrole nitrogens is 1. The number of carbonyl (C=O) groups is 2. The van der Waals surface area contributed by atoms with Crippen LogP contribution in [0.4, 0.5) is 14.5 Å². The van der Waals surface area contributed by atoms with Crippen LogP contribution in [0.5, 0.6) is 0 Å². The van der Waals surface area contributed by atoms with E-state index >= 15 is 0 Å². The number of piperazine rings is 1. The molecule has 3 N–H and O–H groups in total. The SMILES string of the molecule is O=C(CN1CCN([C@H](C(=O)O)c2c[nH]c3cc(F)ccc23)CC1)Nc1cccc(F)c1. The van der Waals surface area contributed by atoms with Gasteiger partial charge < -0.3 is 15.4 Å². The molecule has 7 nitrogen and oxygen atoms in total. The number of carboxylic acids is 1. The fraction of sp³-hybridized carbons (Fsp3) is 0.273. The average Bonchev–Trinajstić information content (AvgIpc) is 3.11. The standard InChI is InChI=1S/C22H22F2N4O3/c23-14-2-1-3-16(10-14)26-20(29)13-27-6-8-28(9-7-27)21(22(30)31)18-12-25-19-11-15(24)4-5-17(18)19/h1-5,10-12,21,25H,6-9,13H2,(H,26,29)(H,30,31)/t21-/m0/s1. The first kappa shape index (κ1) is 21.0. The van der Waals surface area contributed by atoms with E-state index in [1.807, 2.05) is 9.80 Å². The van der Waals surface area contributed by atoms with Crippen molar-refractivity contribution in [3.05, 3.63) is 65.9 Å². The van der Waals surface area contributed by atoms with Gasteiger partial charge in [-0.05, 0) is 36.4 Å². The number of halogens is 2. The van der Waals surface area contributed by atoms with Crippen molar-refractivity contribution in [3.8, 4) is 0 Å². The summed E-state index contributed by atoms with van der Waals surface area (Å²) in [5, 5.41) is 13.2. The predicted molar refractivity (Wildman–Crippen MR) is 112 cm³/mol. The molecule has 2 aromatic carbocycles. The van der Waals surface area contributed by atoms with Gasteiger partial charge in [0.05, 0.1) is 6.54 Å². The zero-order valence-corrected chi connectivity index (χ0v) is 16.6. The van der Waals surface area contributed by atoms with E-state index in [2.05, 4.69) is 10.3 Å². The van der Waals surface area contributed by atoms with Crippen LogP contribution in [0.1, 0.15) is 11.6 Å². The van der Waals surface area contributed by atoms with Gasteiger partial charge in [0.15, 0.2) is 0 Å². The lowest BCUT2D eigenvalue weighted by atomic mass is 10.0. The summed E-state index contributed by atoms with van der Waals surface area (Å²) in [4.78, 5) is 31.0. The molecule has 1 aromatic heterocycles. The van der Waals surface area contributed by atoms with Crippen LogP contribution in [0.25, 0.3) is 10.9 Å². The maximum Gasteiger partial charge on any atom is 0.325 e. The Balaban J connectivity index is 1.39. The van der Waals surface area contributed by atoms with Crippen molar-refractivity contribution in [1.29, 1.82) is 0 Å². The van der Waals surface area contributed by atoms with Crippen LogP contribution in [-0.2, 0) is 9.59 Å². The van der Waals surface area contributed by atoms with E-state index in [0.29, 0.717) is 48.3 Å². The molecule has 0 aliphatic carbocycles. The molecule has 162 valence electrons. The van der Waals surface area contributed by atoms with Gasteiger partial charge in [0, 0.05) is 54.5 Å². The second kappa shape index (κ2) is 8.83. The van der Waals surface area contributed by atoms with Crippen molar-refractivity contribution in [2.75, 3.05) is 38.0 Å². The van der Waals surface area contributed by atoms with Crippen molar-refractivity contribution in [3.63, 3.8) is 0 Å². The number of hydrogen-bond donors (Lipinski definition) is 3. The number of rotatable bonds is 6. The van der Waals surface area contributed by atoms with Crippen LogP contribution in [-0.4, -0.2) is 64.5 Å². The van der Waals surface area contributed by atoms with Gasteiger partial charge in [-0.3, -0.25) is 19.4 Å². The minimum Gasteiger partial charge on any atom is -0.480 e. The van der Waals surface area contributed by atoms with E-state index in [1.54, 1.807) is 18.3 Å². The summed E-state index contributed by atoms with van der Waals surface area (Å²) in [6, 6.07) is 9.05. The molecule has 1 aliphatic rings. The molecule has 31 heavy (non-hydrogen) atoms. The Bertz CT molecular complexity index is 1110. The second-order valence-corrected chi connectivity index (χ2v) is 7.55. The topological polar surface area (TPSA) is 88.7 Å². The Hall–Kier alpha value is -3.30. The minimum absolute atomic E-state index is 0.133. The maximum atomic E-state index is 13.5. The van der Waals surface area contributed by atoms with Crippen LogP contribution in [0, 0.1) is 11.6 Å². The van der Waals surface area contributed by atoms with Crippen molar-refractivity contribution in [2.24, 2.45) is 0 Å². The average molecular weight is 428 g/mol. The van der Waals surface area contributed by atoms with Crippen LogP contribution >= 0.6 is 0 Å². The van der Waals surface area contributed by atoms with Gasteiger partial charge in [-0.25, -0.2) is 8.78 Å². The van der Waals surface area contributed by atoms with Gasteiger partial charge in [0.25, 0.3) is 0 Å². The van der Waals surface area contributed by atoms with E-state index in [1.165, 1.54) is 30.3 Å². The first-order chi connectivity index (χ1) is 14.9. The Kier molecular flexibility index (Phi) is 5.97. The number of aliphatic carboxylic acids is 1. The minimum atomic E-state index is -0.984. The van der Waals surface area contributed by atoms with Crippen LogP contribution in [0.2, 0.25) is 0 Å². The molecule has 0 unspecified atom stereocenters. The summed E-state index contributed by atoms with van der Waals surface area (Å²) in [7, 11) is 0. The fourth-order valence-electron chi connectivity index (χ4n) is 3.98. The Morgan fingerprint density at radius 3 is 2.52 bits per heavy atom. The number of nitrogens with one attached hydrogen (secondary N) is 2. The first-order valence-corrected chi connectivity index (χ1v) is 9.92. The highest BCUT2D eigenvalue weighted by Crippen LogP contribution is 2.30. The molecule has 1 fully saturated rings. The number of carbonyl (C=O) groups excluding carboxylic acids is 1. The Morgan fingerprint density at radius 2 is 1.81 bits per heavy atom. The van der Waals surface area contributed by atoms with Crippen molar-refractivity contribution in [1.82, 2.24) is 14.8 Å². The van der Waals surface area contributed by atoms with Gasteiger partial charge in [-0.2, -0.15) is 0 Å². The van der Waals surface area contributed by atoms with Crippen molar-refractivity contribution < 1.29 is 23.5 Å². The highest BCUT2D eigenvalue weighted by Gasteiger charge is 2.32. The van der Waals surface area contributed by atoms with E-state index in [9.17, 15) is 23.5 Å². The third kappa shape index (κ3) is 4.73. The second-order valence-electron chi connectivity index (χ2n) is 7.55. The lowest BCUT2D eigenvalue weighted by molar-refractivity contribution is -0.144. The number of carboxylic acid groups (broad SMARTS) is 1. The molecule has 1 aliphatic heterocycles. The summed E-state index contributed by atoms with van der Waals surface area (Å²) in [6.45, 7) is 2.07. The number of amides is 1. The van der Waals surface area contributed by atoms with Gasteiger partial charge in [-0.1, -0.05) is 6.07 Å². The first-order valence-electron chi connectivity index (χ1n) is 9.92. The van der Waals surface area contributed by atoms with E-state index < -0.39 is 23.6 Å². The summed E-state index contributed by atoms with van der Waals surface area (Å²) in [5.74, 6) is -2.06. The highest BCUT2D eigenvalue weighted by molar-refractivity contribution is 5.92. The van der Waals surface area contributed by atoms with Crippen molar-refractivity contribution >= 4 is 28.5 Å². The third-order valence-corrected chi connectivity index (χ3v) is 5.45. The normalized spacial score (nSPS) is 16.3. The number of aromatic amines is 1. The van der Waals surface area contributed by atoms with Crippen LogP contribution < -0.4 is 5.32 Å². The van der Waals surface area contributed by atoms with E-state index in [4.69, 9.17) is 0 Å². The molecule has 9 heteroatoms. The van der Waals surface area contributed by atoms with Gasteiger partial charge in [-0.15, -0.1) is 0 Å². The Morgan fingerprint density at radius 1 is 1.06 bits per heavy atom. The molecular weight excluding hydrogens is 406 g/mol. The molecule has 0 bridgehead atoms. The lowest BCUT2D eigenvalue weighted by Crippen LogP contribution is -2.50. The number of benzene rings is 2.